The molecule has 0 amide bonds. The number of fused-ring (bicyclic) bond motifs is 1. The zero-order chi connectivity index (χ0) is 23.4. The first kappa shape index (κ1) is 22.4. The van der Waals surface area contributed by atoms with Crippen LogP contribution in [0.3, 0.4) is 0 Å². The zero-order valence-electron chi connectivity index (χ0n) is 19.8. The molecule has 0 atom stereocenters. The zero-order valence-corrected chi connectivity index (χ0v) is 19.8. The van der Waals surface area contributed by atoms with Crippen molar-refractivity contribution in [3.63, 3.8) is 0 Å². The molecule has 0 aliphatic heterocycles. The minimum Gasteiger partial charge on any atom is -0.493 e. The molecule has 0 spiro atoms. The lowest BCUT2D eigenvalue weighted by molar-refractivity contribution is 0.413. The quantitative estimate of drug-likeness (QED) is 0.352. The van der Waals surface area contributed by atoms with Gasteiger partial charge in [-0.1, -0.05) is 18.2 Å². The minimum absolute atomic E-state index is 0.506. The predicted octanol–water partition coefficient (Wildman–Crippen LogP) is 4.42. The van der Waals surface area contributed by atoms with Crippen molar-refractivity contribution < 1.29 is 4.74 Å². The number of aromatic amines is 1. The molecule has 8 nitrogen and oxygen atoms in total. The second-order valence-electron chi connectivity index (χ2n) is 8.19. The van der Waals surface area contributed by atoms with Crippen molar-refractivity contribution in [3.05, 3.63) is 54.9 Å². The van der Waals surface area contributed by atoms with Gasteiger partial charge in [-0.3, -0.25) is 0 Å². The number of para-hydroxylation sites is 1. The van der Waals surface area contributed by atoms with Gasteiger partial charge in [-0.15, -0.1) is 0 Å². The van der Waals surface area contributed by atoms with E-state index < -0.39 is 0 Å². The van der Waals surface area contributed by atoms with Gasteiger partial charge in [0.15, 0.2) is 5.75 Å². The lowest BCUT2D eigenvalue weighted by Crippen LogP contribution is -2.28. The standard InChI is InChI=1S/C25H31N7O/c1-26-21-14-17(10-11-22(21)32(4)13-12-31(2)3)29-25-28-16-23(33-5)24(30-25)19-15-27-20-9-7-6-8-18(19)20/h6-11,14-16,26-27H,12-13H2,1-5H3,(H,28,29,30). The number of ether oxygens (including phenoxy) is 1. The number of H-pyrrole nitrogens is 1. The highest BCUT2D eigenvalue weighted by Gasteiger charge is 2.15. The lowest BCUT2D eigenvalue weighted by atomic mass is 10.1. The minimum atomic E-state index is 0.506. The number of hydrogen-bond donors (Lipinski definition) is 3. The largest absolute Gasteiger partial charge is 0.493 e. The Hall–Kier alpha value is -3.78. The Morgan fingerprint density at radius 3 is 2.64 bits per heavy atom. The van der Waals surface area contributed by atoms with E-state index in [0.717, 1.165) is 52.3 Å². The molecular formula is C25H31N7O. The van der Waals surface area contributed by atoms with Gasteiger partial charge in [0.25, 0.3) is 0 Å². The molecule has 0 aliphatic carbocycles. The Kier molecular flexibility index (Phi) is 6.65. The highest BCUT2D eigenvalue weighted by Crippen LogP contribution is 2.35. The summed E-state index contributed by atoms with van der Waals surface area (Å²) in [5.74, 6) is 1.13. The third kappa shape index (κ3) is 4.85. The molecule has 2 aromatic heterocycles. The Bertz CT molecular complexity index is 1230. The van der Waals surface area contributed by atoms with E-state index in [9.17, 15) is 0 Å². The highest BCUT2D eigenvalue weighted by atomic mass is 16.5. The van der Waals surface area contributed by atoms with Gasteiger partial charge in [-0.2, -0.15) is 0 Å². The van der Waals surface area contributed by atoms with Crippen molar-refractivity contribution in [1.29, 1.82) is 0 Å². The molecule has 0 radical (unpaired) electrons. The van der Waals surface area contributed by atoms with E-state index >= 15 is 0 Å². The van der Waals surface area contributed by atoms with E-state index in [1.807, 2.05) is 37.5 Å². The van der Waals surface area contributed by atoms with Crippen molar-refractivity contribution in [2.75, 3.05) is 63.9 Å². The number of benzene rings is 2. The van der Waals surface area contributed by atoms with Gasteiger partial charge in [-0.25, -0.2) is 9.97 Å². The maximum atomic E-state index is 5.56. The molecule has 3 N–H and O–H groups in total. The van der Waals surface area contributed by atoms with Crippen LogP contribution in [0.1, 0.15) is 0 Å². The third-order valence-electron chi connectivity index (χ3n) is 5.64. The van der Waals surface area contributed by atoms with Crippen molar-refractivity contribution in [1.82, 2.24) is 19.9 Å². The first-order valence-electron chi connectivity index (χ1n) is 10.9. The Balaban J connectivity index is 1.62. The normalized spacial score (nSPS) is 11.1. The van der Waals surface area contributed by atoms with Gasteiger partial charge in [0.2, 0.25) is 5.95 Å². The van der Waals surface area contributed by atoms with Crippen LogP contribution in [0.2, 0.25) is 0 Å². The summed E-state index contributed by atoms with van der Waals surface area (Å²) < 4.78 is 5.56. The molecule has 4 rings (SSSR count). The summed E-state index contributed by atoms with van der Waals surface area (Å²) in [4.78, 5) is 17.0. The van der Waals surface area contributed by atoms with Crippen molar-refractivity contribution in [3.8, 4) is 17.0 Å². The summed E-state index contributed by atoms with van der Waals surface area (Å²) in [7, 11) is 9.83. The van der Waals surface area contributed by atoms with Crippen molar-refractivity contribution in [2.24, 2.45) is 0 Å². The second kappa shape index (κ2) is 9.79. The van der Waals surface area contributed by atoms with E-state index in [1.165, 1.54) is 0 Å². The molecule has 33 heavy (non-hydrogen) atoms. The van der Waals surface area contributed by atoms with Gasteiger partial charge in [-0.05, 0) is 38.4 Å². The summed E-state index contributed by atoms with van der Waals surface area (Å²) >= 11 is 0. The fraction of sp³-hybridized carbons (Fsp3) is 0.280. The second-order valence-corrected chi connectivity index (χ2v) is 8.19. The Morgan fingerprint density at radius 2 is 1.88 bits per heavy atom. The van der Waals surface area contributed by atoms with E-state index in [2.05, 4.69) is 69.7 Å². The maximum absolute atomic E-state index is 5.56. The lowest BCUT2D eigenvalue weighted by Gasteiger charge is -2.24. The van der Waals surface area contributed by atoms with Gasteiger partial charge in [0.05, 0.1) is 24.7 Å². The topological polar surface area (TPSA) is 81.3 Å². The molecule has 8 heteroatoms. The number of nitrogens with one attached hydrogen (secondary N) is 3. The predicted molar refractivity (Wildman–Crippen MR) is 137 cm³/mol. The van der Waals surface area contributed by atoms with E-state index in [-0.39, 0.29) is 0 Å². The number of aromatic nitrogens is 3. The fourth-order valence-corrected chi connectivity index (χ4v) is 3.79. The van der Waals surface area contributed by atoms with Crippen LogP contribution in [-0.4, -0.2) is 68.2 Å². The molecule has 4 aromatic rings. The van der Waals surface area contributed by atoms with Crippen molar-refractivity contribution >= 4 is 33.9 Å². The highest BCUT2D eigenvalue weighted by molar-refractivity contribution is 5.96. The number of anilines is 4. The maximum Gasteiger partial charge on any atom is 0.227 e. The monoisotopic (exact) mass is 445 g/mol. The molecule has 0 saturated carbocycles. The van der Waals surface area contributed by atoms with E-state index in [1.54, 1.807) is 13.3 Å². The van der Waals surface area contributed by atoms with E-state index in [4.69, 9.17) is 9.72 Å². The molecule has 0 unspecified atom stereocenters. The molecule has 0 saturated heterocycles. The Morgan fingerprint density at radius 1 is 1.06 bits per heavy atom. The fourth-order valence-electron chi connectivity index (χ4n) is 3.79. The van der Waals surface area contributed by atoms with Crippen LogP contribution in [-0.2, 0) is 0 Å². The van der Waals surface area contributed by atoms with Crippen LogP contribution in [0.4, 0.5) is 23.0 Å². The number of rotatable bonds is 9. The first-order valence-corrected chi connectivity index (χ1v) is 10.9. The SMILES string of the molecule is CNc1cc(Nc2ncc(OC)c(-c3c[nH]c4ccccc34)n2)ccc1N(C)CCN(C)C. The van der Waals surface area contributed by atoms with Gasteiger partial charge >= 0.3 is 0 Å². The van der Waals surface area contributed by atoms with Crippen LogP contribution in [0.15, 0.2) is 54.9 Å². The Labute approximate surface area is 194 Å². The van der Waals surface area contributed by atoms with E-state index in [0.29, 0.717) is 11.7 Å². The van der Waals surface area contributed by atoms with Gasteiger partial charge < -0.3 is 30.2 Å². The molecule has 172 valence electrons. The molecular weight excluding hydrogens is 414 g/mol. The van der Waals surface area contributed by atoms with Crippen LogP contribution < -0.4 is 20.3 Å². The van der Waals surface area contributed by atoms with Crippen LogP contribution in [0.5, 0.6) is 5.75 Å². The molecule has 0 bridgehead atoms. The first-order chi connectivity index (χ1) is 16.0. The number of nitrogens with zero attached hydrogens (tertiary/aromatic N) is 4. The van der Waals surface area contributed by atoms with Crippen LogP contribution in [0, 0.1) is 0 Å². The summed E-state index contributed by atoms with van der Waals surface area (Å²) in [6, 6.07) is 14.4. The average molecular weight is 446 g/mol. The molecule has 0 fully saturated rings. The smallest absolute Gasteiger partial charge is 0.227 e. The third-order valence-corrected chi connectivity index (χ3v) is 5.64. The summed E-state index contributed by atoms with van der Waals surface area (Å²) in [6.07, 6.45) is 3.66. The van der Waals surface area contributed by atoms with Gasteiger partial charge in [0.1, 0.15) is 5.69 Å². The summed E-state index contributed by atoms with van der Waals surface area (Å²) in [5, 5.41) is 7.73. The molecule has 2 heterocycles. The molecule has 2 aromatic carbocycles. The molecule has 0 aliphatic rings. The summed E-state index contributed by atoms with van der Waals surface area (Å²) in [5.41, 5.74) is 5.84. The summed E-state index contributed by atoms with van der Waals surface area (Å²) in [6.45, 7) is 1.92. The number of methoxy groups -OCH3 is 1. The number of likely N-dealkylation sites (N-methyl/N-ethyl adjacent to an activating group) is 2. The van der Waals surface area contributed by atoms with Gasteiger partial charge in [0, 0.05) is 55.5 Å². The van der Waals surface area contributed by atoms with Crippen LogP contribution >= 0.6 is 0 Å². The van der Waals surface area contributed by atoms with Crippen molar-refractivity contribution in [2.45, 2.75) is 0 Å². The van der Waals surface area contributed by atoms with Crippen LogP contribution in [0.25, 0.3) is 22.2 Å². The average Bonchev–Trinajstić information content (AvgIpc) is 3.26. The number of hydrogen-bond acceptors (Lipinski definition) is 7.